The minimum Gasteiger partial charge on any atom is -0.455 e. The van der Waals surface area contributed by atoms with E-state index in [1.165, 1.54) is 54.7 Å². The van der Waals surface area contributed by atoms with Crippen LogP contribution in [0.3, 0.4) is 0 Å². The van der Waals surface area contributed by atoms with Crippen LogP contribution in [0.4, 0.5) is 0 Å². The number of rotatable bonds is 0. The molecule has 0 aliphatic rings. The normalized spacial score (nSPS) is 12.4. The van der Waals surface area contributed by atoms with Crippen LogP contribution in [-0.4, -0.2) is 4.40 Å². The highest BCUT2D eigenvalue weighted by molar-refractivity contribution is 6.21. The summed E-state index contributed by atoms with van der Waals surface area (Å²) in [5, 5.41) is 8.50. The molecule has 0 unspecified atom stereocenters. The van der Waals surface area contributed by atoms with Crippen LogP contribution in [0.2, 0.25) is 0 Å². The Morgan fingerprint density at radius 1 is 0.676 bits per heavy atom. The number of fused-ring (bicyclic) bond motifs is 13. The van der Waals surface area contributed by atoms with Crippen molar-refractivity contribution < 1.29 is 8.98 Å². The van der Waals surface area contributed by atoms with Crippen molar-refractivity contribution in [3.63, 3.8) is 0 Å². The summed E-state index contributed by atoms with van der Waals surface area (Å²) in [6.45, 7) is 2.21. The summed E-state index contributed by atoms with van der Waals surface area (Å²) in [6, 6.07) is 32.7. The molecule has 0 radical (unpaired) electrons. The number of hydrogen-bond donors (Lipinski definition) is 0. The molecule has 160 valence electrons. The lowest BCUT2D eigenvalue weighted by Crippen LogP contribution is -2.27. The van der Waals surface area contributed by atoms with E-state index >= 15 is 0 Å². The van der Waals surface area contributed by atoms with Crippen LogP contribution in [0.5, 0.6) is 0 Å². The maximum Gasteiger partial charge on any atom is 0.295 e. The van der Waals surface area contributed by atoms with Gasteiger partial charge in [0.2, 0.25) is 0 Å². The third-order valence-electron chi connectivity index (χ3n) is 7.52. The zero-order valence-corrected chi connectivity index (χ0v) is 19.0. The molecule has 5 aromatic carbocycles. The van der Waals surface area contributed by atoms with Crippen LogP contribution < -0.4 is 4.57 Å². The summed E-state index contributed by atoms with van der Waals surface area (Å²) in [5.74, 6) is 0. The average Bonchev–Trinajstić information content (AvgIpc) is 3.38. The first-order valence-electron chi connectivity index (χ1n) is 11.7. The molecule has 0 atom stereocenters. The molecule has 8 rings (SSSR count). The first kappa shape index (κ1) is 18.1. The molecular weight excluding hydrogens is 416 g/mol. The van der Waals surface area contributed by atoms with E-state index < -0.39 is 0 Å². The number of pyridine rings is 1. The molecule has 3 heteroatoms. The van der Waals surface area contributed by atoms with Gasteiger partial charge in [-0.3, -0.25) is 0 Å². The Labute approximate surface area is 195 Å². The Kier molecular flexibility index (Phi) is 3.27. The highest BCUT2D eigenvalue weighted by Gasteiger charge is 2.25. The molecule has 0 aliphatic heterocycles. The van der Waals surface area contributed by atoms with Crippen molar-refractivity contribution in [2.75, 3.05) is 0 Å². The fourth-order valence-electron chi connectivity index (χ4n) is 5.97. The summed E-state index contributed by atoms with van der Waals surface area (Å²) in [4.78, 5) is 0. The van der Waals surface area contributed by atoms with E-state index in [2.05, 4.69) is 114 Å². The Morgan fingerprint density at radius 2 is 1.50 bits per heavy atom. The number of nitrogens with zero attached hydrogens (tertiary/aromatic N) is 2. The first-order valence-corrected chi connectivity index (χ1v) is 11.7. The topological polar surface area (TPSA) is 21.4 Å². The molecule has 0 fully saturated rings. The van der Waals surface area contributed by atoms with E-state index in [0.717, 1.165) is 21.9 Å². The van der Waals surface area contributed by atoms with Gasteiger partial charge in [0.15, 0.2) is 11.0 Å². The highest BCUT2D eigenvalue weighted by atomic mass is 16.3. The lowest BCUT2D eigenvalue weighted by Gasteiger charge is -2.07. The van der Waals surface area contributed by atoms with E-state index in [-0.39, 0.29) is 0 Å². The van der Waals surface area contributed by atoms with Gasteiger partial charge in [-0.1, -0.05) is 60.7 Å². The van der Waals surface area contributed by atoms with Crippen LogP contribution in [0.1, 0.15) is 5.56 Å². The summed E-state index contributed by atoms with van der Waals surface area (Å²) < 4.78 is 11.3. The van der Waals surface area contributed by atoms with Gasteiger partial charge in [-0.05, 0) is 42.1 Å². The van der Waals surface area contributed by atoms with Gasteiger partial charge < -0.3 is 4.42 Å². The third-order valence-corrected chi connectivity index (χ3v) is 7.52. The second-order valence-corrected chi connectivity index (χ2v) is 9.34. The summed E-state index contributed by atoms with van der Waals surface area (Å²) in [5.41, 5.74) is 7.97. The summed E-state index contributed by atoms with van der Waals surface area (Å²) >= 11 is 0. The van der Waals surface area contributed by atoms with Crippen molar-refractivity contribution in [2.24, 2.45) is 7.05 Å². The van der Waals surface area contributed by atoms with Crippen molar-refractivity contribution in [2.45, 2.75) is 6.92 Å². The molecule has 0 saturated carbocycles. The molecule has 0 aliphatic carbocycles. The van der Waals surface area contributed by atoms with E-state index in [4.69, 9.17) is 4.42 Å². The molecule has 3 heterocycles. The second-order valence-electron chi connectivity index (χ2n) is 9.34. The highest BCUT2D eigenvalue weighted by Crippen LogP contribution is 2.39. The molecular formula is C31H21N2O+. The van der Waals surface area contributed by atoms with Gasteiger partial charge in [0.1, 0.15) is 16.7 Å². The molecule has 0 saturated heterocycles. The average molecular weight is 438 g/mol. The van der Waals surface area contributed by atoms with Gasteiger partial charge in [0, 0.05) is 33.0 Å². The van der Waals surface area contributed by atoms with Crippen molar-refractivity contribution in [3.05, 3.63) is 96.6 Å². The van der Waals surface area contributed by atoms with Crippen molar-refractivity contribution in [3.8, 4) is 0 Å². The minimum absolute atomic E-state index is 0.924. The molecule has 0 bridgehead atoms. The Balaban J connectivity index is 1.69. The fraction of sp³-hybridized carbons (Fsp3) is 0.0645. The monoisotopic (exact) mass is 437 g/mol. The Hall–Kier alpha value is -4.37. The van der Waals surface area contributed by atoms with Crippen LogP contribution in [0, 0.1) is 6.92 Å². The van der Waals surface area contributed by atoms with Gasteiger partial charge in [0.25, 0.3) is 5.65 Å². The zero-order valence-electron chi connectivity index (χ0n) is 19.0. The molecule has 3 aromatic heterocycles. The molecule has 0 spiro atoms. The quantitative estimate of drug-likeness (QED) is 0.177. The smallest absolute Gasteiger partial charge is 0.295 e. The van der Waals surface area contributed by atoms with Gasteiger partial charge in [-0.2, -0.15) is 4.40 Å². The van der Waals surface area contributed by atoms with Gasteiger partial charge in [-0.15, -0.1) is 0 Å². The van der Waals surface area contributed by atoms with Crippen LogP contribution in [0.15, 0.2) is 95.4 Å². The van der Waals surface area contributed by atoms with E-state index in [1.807, 2.05) is 0 Å². The van der Waals surface area contributed by atoms with Gasteiger partial charge in [-0.25, -0.2) is 4.57 Å². The Bertz CT molecular complexity index is 2140. The SMILES string of the molecule is Cc1cccc2c3cc4c(cc3n3c5ccccc5[n+](C)c3c12)oc1c2ccccc2ccc41. The number of para-hydroxylation sites is 2. The van der Waals surface area contributed by atoms with Crippen molar-refractivity contribution in [1.29, 1.82) is 0 Å². The van der Waals surface area contributed by atoms with E-state index in [1.54, 1.807) is 0 Å². The van der Waals surface area contributed by atoms with Crippen molar-refractivity contribution >= 4 is 71.1 Å². The standard InChI is InChI=1S/C31H21N2O/c1-18-8-7-11-21-23-16-24-22-15-14-19-9-3-4-10-20(19)30(22)34-28(24)17-27(23)33-26-13-6-5-12-25(26)32(2)31(33)29(18)21/h3-17H,1-2H3/q+1. The maximum atomic E-state index is 6.56. The second kappa shape index (κ2) is 6.15. The lowest BCUT2D eigenvalue weighted by atomic mass is 10.00. The van der Waals surface area contributed by atoms with E-state index in [0.29, 0.717) is 0 Å². The number of aryl methyl sites for hydroxylation is 2. The number of benzene rings is 5. The predicted molar refractivity (Wildman–Crippen MR) is 141 cm³/mol. The summed E-state index contributed by atoms with van der Waals surface area (Å²) in [6.07, 6.45) is 0. The minimum atomic E-state index is 0.924. The Morgan fingerprint density at radius 3 is 2.44 bits per heavy atom. The lowest BCUT2D eigenvalue weighted by molar-refractivity contribution is -0.617. The first-order chi connectivity index (χ1) is 16.7. The number of hydrogen-bond acceptors (Lipinski definition) is 1. The van der Waals surface area contributed by atoms with Gasteiger partial charge in [0.05, 0.1) is 12.4 Å². The van der Waals surface area contributed by atoms with E-state index in [9.17, 15) is 0 Å². The largest absolute Gasteiger partial charge is 0.455 e. The summed E-state index contributed by atoms with van der Waals surface area (Å²) in [7, 11) is 2.17. The maximum absolute atomic E-state index is 6.56. The third kappa shape index (κ3) is 2.10. The van der Waals surface area contributed by atoms with Crippen LogP contribution >= 0.6 is 0 Å². The molecule has 8 aromatic rings. The number of imidazole rings is 1. The molecule has 0 amide bonds. The zero-order chi connectivity index (χ0) is 22.6. The molecule has 34 heavy (non-hydrogen) atoms. The van der Waals surface area contributed by atoms with Crippen molar-refractivity contribution in [1.82, 2.24) is 4.40 Å². The van der Waals surface area contributed by atoms with Crippen LogP contribution in [-0.2, 0) is 7.05 Å². The molecule has 0 N–H and O–H groups in total. The number of aromatic nitrogens is 2. The number of furan rings is 1. The predicted octanol–water partition coefficient (Wildman–Crippen LogP) is 7.58. The van der Waals surface area contributed by atoms with Gasteiger partial charge >= 0.3 is 0 Å². The molecule has 3 nitrogen and oxygen atoms in total. The fourth-order valence-corrected chi connectivity index (χ4v) is 5.97. The van der Waals surface area contributed by atoms with Crippen LogP contribution in [0.25, 0.3) is 71.1 Å².